The van der Waals surface area contributed by atoms with Crippen LogP contribution in [-0.2, 0) is 9.59 Å². The van der Waals surface area contributed by atoms with Crippen LogP contribution in [0.1, 0.15) is 26.2 Å². The number of nitrogens with zero attached hydrogens (tertiary/aromatic N) is 2. The summed E-state index contributed by atoms with van der Waals surface area (Å²) in [6.45, 7) is 3.66. The normalized spacial score (nSPS) is 25.1. The van der Waals surface area contributed by atoms with Crippen molar-refractivity contribution in [2.24, 2.45) is 5.92 Å². The molecule has 2 aliphatic heterocycles. The summed E-state index contributed by atoms with van der Waals surface area (Å²) >= 11 is 0. The van der Waals surface area contributed by atoms with Crippen molar-refractivity contribution in [1.29, 1.82) is 0 Å². The maximum atomic E-state index is 12.5. The molecular formula is C13H21N3O4. The number of aliphatic carboxylic acids is 1. The number of nitrogens with one attached hydrogen (secondary N) is 1. The molecule has 2 unspecified atom stereocenters. The summed E-state index contributed by atoms with van der Waals surface area (Å²) in [5.41, 5.74) is 0. The Balaban J connectivity index is 2.02. The molecule has 0 aromatic carbocycles. The van der Waals surface area contributed by atoms with Gasteiger partial charge >= 0.3 is 12.0 Å². The number of hydrogen-bond donors (Lipinski definition) is 2. The first-order valence-electron chi connectivity index (χ1n) is 7.09. The van der Waals surface area contributed by atoms with Crippen molar-refractivity contribution in [3.05, 3.63) is 0 Å². The van der Waals surface area contributed by atoms with E-state index in [9.17, 15) is 14.4 Å². The number of fused-ring (bicyclic) bond motifs is 1. The number of carbonyl (C=O) groups is 3. The Bertz CT molecular complexity index is 412. The van der Waals surface area contributed by atoms with Gasteiger partial charge < -0.3 is 20.2 Å². The molecule has 2 atom stereocenters. The van der Waals surface area contributed by atoms with Crippen LogP contribution in [-0.4, -0.2) is 65.0 Å². The smallest absolute Gasteiger partial charge is 0.320 e. The van der Waals surface area contributed by atoms with E-state index in [4.69, 9.17) is 5.11 Å². The Morgan fingerprint density at radius 3 is 2.90 bits per heavy atom. The summed E-state index contributed by atoms with van der Waals surface area (Å²) in [6.07, 6.45) is 1.58. The lowest BCUT2D eigenvalue weighted by atomic mass is 9.92. The molecule has 0 aliphatic carbocycles. The lowest BCUT2D eigenvalue weighted by molar-refractivity contribution is -0.137. The summed E-state index contributed by atoms with van der Waals surface area (Å²) in [6, 6.07) is -0.234. The van der Waals surface area contributed by atoms with Gasteiger partial charge in [-0.3, -0.25) is 9.59 Å². The van der Waals surface area contributed by atoms with Crippen LogP contribution >= 0.6 is 0 Å². The fraction of sp³-hybridized carbons (Fsp3) is 0.769. The SMILES string of the molecule is CCN(CCC(=O)O)C(=O)N1CCCC2C(=O)NCC21. The van der Waals surface area contributed by atoms with Gasteiger partial charge in [0.1, 0.15) is 0 Å². The second-order valence-corrected chi connectivity index (χ2v) is 5.26. The van der Waals surface area contributed by atoms with Crippen LogP contribution in [0.3, 0.4) is 0 Å². The third kappa shape index (κ3) is 2.86. The first-order valence-corrected chi connectivity index (χ1v) is 7.09. The highest BCUT2D eigenvalue weighted by Gasteiger charge is 2.43. The Hall–Kier alpha value is -1.79. The number of carboxylic acid groups (broad SMARTS) is 1. The van der Waals surface area contributed by atoms with Crippen LogP contribution in [0.4, 0.5) is 4.79 Å². The van der Waals surface area contributed by atoms with E-state index in [0.29, 0.717) is 19.6 Å². The first-order chi connectivity index (χ1) is 9.54. The van der Waals surface area contributed by atoms with Crippen LogP contribution in [0.5, 0.6) is 0 Å². The fourth-order valence-electron chi connectivity index (χ4n) is 2.99. The average Bonchev–Trinajstić information content (AvgIpc) is 2.81. The van der Waals surface area contributed by atoms with Gasteiger partial charge in [-0.05, 0) is 19.8 Å². The second kappa shape index (κ2) is 6.11. The third-order valence-corrected chi connectivity index (χ3v) is 4.09. The summed E-state index contributed by atoms with van der Waals surface area (Å²) < 4.78 is 0. The van der Waals surface area contributed by atoms with Gasteiger partial charge in [-0.25, -0.2) is 4.79 Å². The summed E-state index contributed by atoms with van der Waals surface area (Å²) in [7, 11) is 0. The van der Waals surface area contributed by atoms with Crippen LogP contribution in [0.15, 0.2) is 0 Å². The molecule has 7 nitrogen and oxygen atoms in total. The van der Waals surface area contributed by atoms with Crippen molar-refractivity contribution in [3.8, 4) is 0 Å². The van der Waals surface area contributed by atoms with E-state index in [0.717, 1.165) is 12.8 Å². The molecule has 2 rings (SSSR count). The second-order valence-electron chi connectivity index (χ2n) is 5.26. The van der Waals surface area contributed by atoms with Gasteiger partial charge in [-0.2, -0.15) is 0 Å². The van der Waals surface area contributed by atoms with Gasteiger partial charge in [0, 0.05) is 26.2 Å². The molecule has 2 aliphatic rings. The monoisotopic (exact) mass is 283 g/mol. The van der Waals surface area contributed by atoms with Crippen LogP contribution in [0, 0.1) is 5.92 Å². The van der Waals surface area contributed by atoms with Crippen molar-refractivity contribution in [2.45, 2.75) is 32.2 Å². The van der Waals surface area contributed by atoms with Crippen LogP contribution < -0.4 is 5.32 Å². The van der Waals surface area contributed by atoms with Crippen molar-refractivity contribution >= 4 is 17.9 Å². The summed E-state index contributed by atoms with van der Waals surface area (Å²) in [5.74, 6) is -0.988. The zero-order chi connectivity index (χ0) is 14.7. The molecule has 0 aromatic rings. The minimum atomic E-state index is -0.912. The minimum Gasteiger partial charge on any atom is -0.481 e. The fourth-order valence-corrected chi connectivity index (χ4v) is 2.99. The molecule has 0 saturated carbocycles. The Morgan fingerprint density at radius 2 is 2.25 bits per heavy atom. The van der Waals surface area contributed by atoms with Crippen molar-refractivity contribution < 1.29 is 19.5 Å². The highest BCUT2D eigenvalue weighted by atomic mass is 16.4. The zero-order valence-corrected chi connectivity index (χ0v) is 11.7. The van der Waals surface area contributed by atoms with Crippen molar-refractivity contribution in [2.75, 3.05) is 26.2 Å². The Labute approximate surface area is 117 Å². The quantitative estimate of drug-likeness (QED) is 0.766. The lowest BCUT2D eigenvalue weighted by Gasteiger charge is -2.38. The average molecular weight is 283 g/mol. The molecule has 2 N–H and O–H groups in total. The van der Waals surface area contributed by atoms with Gasteiger partial charge in [0.2, 0.25) is 5.91 Å². The van der Waals surface area contributed by atoms with Gasteiger partial charge in [0.15, 0.2) is 0 Å². The largest absolute Gasteiger partial charge is 0.481 e. The van der Waals surface area contributed by atoms with Crippen LogP contribution in [0.25, 0.3) is 0 Å². The number of piperidine rings is 1. The molecule has 112 valence electrons. The molecule has 0 bridgehead atoms. The molecule has 3 amide bonds. The highest BCUT2D eigenvalue weighted by Crippen LogP contribution is 2.28. The van der Waals surface area contributed by atoms with E-state index in [-0.39, 0.29) is 36.9 Å². The molecule has 0 aromatic heterocycles. The molecule has 2 heterocycles. The maximum absolute atomic E-state index is 12.5. The minimum absolute atomic E-state index is 0.0288. The summed E-state index contributed by atoms with van der Waals surface area (Å²) in [5, 5.41) is 11.5. The molecule has 2 saturated heterocycles. The van der Waals surface area contributed by atoms with Gasteiger partial charge in [0.25, 0.3) is 0 Å². The predicted molar refractivity (Wildman–Crippen MR) is 71.1 cm³/mol. The lowest BCUT2D eigenvalue weighted by Crippen LogP contribution is -2.53. The molecular weight excluding hydrogens is 262 g/mol. The Kier molecular flexibility index (Phi) is 4.46. The molecule has 0 radical (unpaired) electrons. The van der Waals surface area contributed by atoms with E-state index in [1.807, 2.05) is 6.92 Å². The predicted octanol–water partition coefficient (Wildman–Crippen LogP) is 0.113. The number of urea groups is 1. The number of likely N-dealkylation sites (tertiary alicyclic amines) is 1. The first kappa shape index (κ1) is 14.6. The maximum Gasteiger partial charge on any atom is 0.320 e. The molecule has 20 heavy (non-hydrogen) atoms. The zero-order valence-electron chi connectivity index (χ0n) is 11.7. The third-order valence-electron chi connectivity index (χ3n) is 4.09. The van der Waals surface area contributed by atoms with E-state index in [1.54, 1.807) is 9.80 Å². The van der Waals surface area contributed by atoms with E-state index in [1.165, 1.54) is 0 Å². The van der Waals surface area contributed by atoms with E-state index < -0.39 is 5.97 Å². The molecule has 2 fully saturated rings. The van der Waals surface area contributed by atoms with E-state index >= 15 is 0 Å². The van der Waals surface area contributed by atoms with Gasteiger partial charge in [-0.15, -0.1) is 0 Å². The van der Waals surface area contributed by atoms with Crippen molar-refractivity contribution in [3.63, 3.8) is 0 Å². The number of hydrogen-bond acceptors (Lipinski definition) is 3. The standard InChI is InChI=1S/C13H21N3O4/c1-2-15(7-5-11(17)18)13(20)16-6-3-4-9-10(16)8-14-12(9)19/h9-10H,2-8H2,1H3,(H,14,19)(H,17,18). The Morgan fingerprint density at radius 1 is 1.50 bits per heavy atom. The number of rotatable bonds is 4. The number of carboxylic acids is 1. The van der Waals surface area contributed by atoms with Crippen LogP contribution in [0.2, 0.25) is 0 Å². The summed E-state index contributed by atoms with van der Waals surface area (Å²) in [4.78, 5) is 38.1. The number of carbonyl (C=O) groups excluding carboxylic acids is 2. The van der Waals surface area contributed by atoms with Crippen molar-refractivity contribution in [1.82, 2.24) is 15.1 Å². The van der Waals surface area contributed by atoms with Gasteiger partial charge in [0.05, 0.1) is 18.4 Å². The van der Waals surface area contributed by atoms with Gasteiger partial charge in [-0.1, -0.05) is 0 Å². The van der Waals surface area contributed by atoms with E-state index in [2.05, 4.69) is 5.32 Å². The highest BCUT2D eigenvalue weighted by molar-refractivity contribution is 5.84. The molecule has 7 heteroatoms. The topological polar surface area (TPSA) is 90.0 Å². The molecule has 0 spiro atoms. The number of amides is 3.